The molecule has 0 spiro atoms. The van der Waals surface area contributed by atoms with Crippen molar-refractivity contribution in [2.45, 2.75) is 51.7 Å². The Morgan fingerprint density at radius 2 is 1.73 bits per heavy atom. The molecule has 0 fully saturated rings. The summed E-state index contributed by atoms with van der Waals surface area (Å²) in [4.78, 5) is 0. The smallest absolute Gasteiger partial charge is 0.268 e. The Hall–Kier alpha value is -1.73. The van der Waals surface area contributed by atoms with Gasteiger partial charge in [0.15, 0.2) is 5.41 Å². The van der Waals surface area contributed by atoms with Crippen LogP contribution in [0.2, 0.25) is 5.02 Å². The molecule has 1 aromatic rings. The lowest BCUT2D eigenvalue weighted by molar-refractivity contribution is -0.138. The van der Waals surface area contributed by atoms with E-state index in [0.29, 0.717) is 10.7 Å². The van der Waals surface area contributed by atoms with E-state index < -0.39 is 24.4 Å². The second kappa shape index (κ2) is 6.18. The SMILES string of the molecule is CC(C)(C)c1nn(CC(C#N)(C#N)CCC(F)(F)F)cc1Cl. The summed E-state index contributed by atoms with van der Waals surface area (Å²) in [7, 11) is 0. The Labute approximate surface area is 132 Å². The normalized spacial score (nSPS) is 12.8. The molecule has 0 unspecified atom stereocenters. The van der Waals surface area contributed by atoms with Crippen LogP contribution in [0.3, 0.4) is 0 Å². The molecule has 0 aliphatic carbocycles. The van der Waals surface area contributed by atoms with Gasteiger partial charge < -0.3 is 0 Å². The largest absolute Gasteiger partial charge is 0.389 e. The molecule has 0 aliphatic heterocycles. The van der Waals surface area contributed by atoms with Gasteiger partial charge in [-0.15, -0.1) is 0 Å². The molecule has 1 rings (SSSR count). The zero-order chi connectivity index (χ0) is 17.2. The molecule has 22 heavy (non-hydrogen) atoms. The third-order valence-electron chi connectivity index (χ3n) is 3.12. The highest BCUT2D eigenvalue weighted by molar-refractivity contribution is 6.31. The van der Waals surface area contributed by atoms with Crippen molar-refractivity contribution in [1.29, 1.82) is 10.5 Å². The van der Waals surface area contributed by atoms with E-state index in [1.807, 2.05) is 20.8 Å². The number of rotatable bonds is 4. The molecular formula is C14H16ClF3N4. The van der Waals surface area contributed by atoms with Crippen molar-refractivity contribution in [1.82, 2.24) is 9.78 Å². The Bertz CT molecular complexity index is 600. The number of nitrogens with zero attached hydrogens (tertiary/aromatic N) is 4. The number of nitriles is 2. The van der Waals surface area contributed by atoms with Crippen LogP contribution in [0.15, 0.2) is 6.20 Å². The van der Waals surface area contributed by atoms with E-state index >= 15 is 0 Å². The van der Waals surface area contributed by atoms with Crippen molar-refractivity contribution >= 4 is 11.6 Å². The fourth-order valence-electron chi connectivity index (χ4n) is 1.90. The zero-order valence-corrected chi connectivity index (χ0v) is 13.3. The van der Waals surface area contributed by atoms with Gasteiger partial charge >= 0.3 is 6.18 Å². The zero-order valence-electron chi connectivity index (χ0n) is 12.5. The highest BCUT2D eigenvalue weighted by Gasteiger charge is 2.38. The second-order valence-electron chi connectivity index (χ2n) is 6.19. The highest BCUT2D eigenvalue weighted by Crippen LogP contribution is 2.33. The lowest BCUT2D eigenvalue weighted by atomic mass is 9.86. The lowest BCUT2D eigenvalue weighted by Crippen LogP contribution is -2.26. The number of hydrogen-bond acceptors (Lipinski definition) is 3. The topological polar surface area (TPSA) is 65.4 Å². The molecule has 1 aromatic heterocycles. The van der Waals surface area contributed by atoms with Gasteiger partial charge in [-0.05, 0) is 6.42 Å². The first kappa shape index (κ1) is 18.3. The van der Waals surface area contributed by atoms with Gasteiger partial charge in [0.1, 0.15) is 0 Å². The minimum atomic E-state index is -4.42. The van der Waals surface area contributed by atoms with E-state index in [9.17, 15) is 13.2 Å². The van der Waals surface area contributed by atoms with Crippen molar-refractivity contribution in [3.05, 3.63) is 16.9 Å². The summed E-state index contributed by atoms with van der Waals surface area (Å²) in [5, 5.41) is 22.9. The van der Waals surface area contributed by atoms with E-state index in [1.165, 1.54) is 10.9 Å². The Kier molecular flexibility index (Phi) is 5.14. The van der Waals surface area contributed by atoms with Gasteiger partial charge in [0.2, 0.25) is 0 Å². The molecule has 8 heteroatoms. The molecule has 0 amide bonds. The molecule has 0 saturated heterocycles. The van der Waals surface area contributed by atoms with Gasteiger partial charge in [0.05, 0.1) is 29.4 Å². The number of aromatic nitrogens is 2. The van der Waals surface area contributed by atoms with Crippen LogP contribution in [0.5, 0.6) is 0 Å². The highest BCUT2D eigenvalue weighted by atomic mass is 35.5. The molecule has 4 nitrogen and oxygen atoms in total. The number of hydrogen-bond donors (Lipinski definition) is 0. The van der Waals surface area contributed by atoms with Crippen LogP contribution in [0.4, 0.5) is 13.2 Å². The van der Waals surface area contributed by atoms with E-state index in [1.54, 1.807) is 12.1 Å². The molecule has 0 aromatic carbocycles. The fraction of sp³-hybridized carbons (Fsp3) is 0.643. The predicted molar refractivity (Wildman–Crippen MR) is 74.9 cm³/mol. The standard InChI is InChI=1S/C14H16ClF3N4/c1-12(2,3)11-10(15)6-22(21-11)9-13(7-19,8-20)4-5-14(16,17)18/h6H,4-5,9H2,1-3H3. The van der Waals surface area contributed by atoms with Crippen LogP contribution in [0.1, 0.15) is 39.3 Å². The van der Waals surface area contributed by atoms with Crippen molar-refractivity contribution in [2.24, 2.45) is 5.41 Å². The van der Waals surface area contributed by atoms with Crippen LogP contribution < -0.4 is 0 Å². The van der Waals surface area contributed by atoms with Crippen molar-refractivity contribution in [2.75, 3.05) is 0 Å². The molecule has 0 bridgehead atoms. The quantitative estimate of drug-likeness (QED) is 0.829. The van der Waals surface area contributed by atoms with Crippen LogP contribution >= 0.6 is 11.6 Å². The van der Waals surface area contributed by atoms with E-state index in [0.717, 1.165) is 0 Å². The summed E-state index contributed by atoms with van der Waals surface area (Å²) in [6, 6.07) is 3.38. The first-order valence-electron chi connectivity index (χ1n) is 6.55. The van der Waals surface area contributed by atoms with Gasteiger partial charge in [-0.1, -0.05) is 32.4 Å². The third-order valence-corrected chi connectivity index (χ3v) is 3.40. The molecule has 0 aliphatic rings. The molecule has 0 saturated carbocycles. The van der Waals surface area contributed by atoms with Crippen molar-refractivity contribution in [3.8, 4) is 12.1 Å². The Morgan fingerprint density at radius 1 is 1.18 bits per heavy atom. The minimum absolute atomic E-state index is 0.258. The third kappa shape index (κ3) is 4.64. The maximum absolute atomic E-state index is 12.4. The summed E-state index contributed by atoms with van der Waals surface area (Å²) in [5.41, 5.74) is -1.58. The molecule has 1 heterocycles. The van der Waals surface area contributed by atoms with Crippen LogP contribution in [0, 0.1) is 28.1 Å². The van der Waals surface area contributed by atoms with Gasteiger partial charge in [-0.2, -0.15) is 28.8 Å². The molecule has 120 valence electrons. The van der Waals surface area contributed by atoms with Gasteiger partial charge in [-0.25, -0.2) is 0 Å². The van der Waals surface area contributed by atoms with E-state index in [2.05, 4.69) is 5.10 Å². The first-order chi connectivity index (χ1) is 9.92. The molecular weight excluding hydrogens is 317 g/mol. The van der Waals surface area contributed by atoms with Crippen LogP contribution in [0.25, 0.3) is 0 Å². The summed E-state index contributed by atoms with van der Waals surface area (Å²) in [5.74, 6) is 0. The fourth-order valence-corrected chi connectivity index (χ4v) is 2.34. The second-order valence-corrected chi connectivity index (χ2v) is 6.60. The summed E-state index contributed by atoms with van der Waals surface area (Å²) < 4.78 is 38.3. The molecule has 0 N–H and O–H groups in total. The van der Waals surface area contributed by atoms with Crippen LogP contribution in [-0.2, 0) is 12.0 Å². The average Bonchev–Trinajstić information content (AvgIpc) is 2.74. The van der Waals surface area contributed by atoms with Gasteiger partial charge in [0, 0.05) is 18.0 Å². The monoisotopic (exact) mass is 332 g/mol. The maximum atomic E-state index is 12.4. The van der Waals surface area contributed by atoms with Gasteiger partial charge in [-0.3, -0.25) is 4.68 Å². The number of alkyl halides is 3. The van der Waals surface area contributed by atoms with Crippen molar-refractivity contribution in [3.63, 3.8) is 0 Å². The molecule has 0 atom stereocenters. The predicted octanol–water partition coefficient (Wildman–Crippen LogP) is 4.21. The van der Waals surface area contributed by atoms with Crippen molar-refractivity contribution < 1.29 is 13.2 Å². The Morgan fingerprint density at radius 3 is 2.09 bits per heavy atom. The lowest BCUT2D eigenvalue weighted by Gasteiger charge is -2.20. The summed E-state index contributed by atoms with van der Waals surface area (Å²) >= 11 is 6.07. The maximum Gasteiger partial charge on any atom is 0.389 e. The minimum Gasteiger partial charge on any atom is -0.268 e. The van der Waals surface area contributed by atoms with E-state index in [-0.39, 0.29) is 12.0 Å². The first-order valence-corrected chi connectivity index (χ1v) is 6.93. The summed E-state index contributed by atoms with van der Waals surface area (Å²) in [6.45, 7) is 5.40. The molecule has 0 radical (unpaired) electrons. The summed E-state index contributed by atoms with van der Waals surface area (Å²) in [6.07, 6.45) is -4.79. The van der Waals surface area contributed by atoms with Crippen LogP contribution in [-0.4, -0.2) is 16.0 Å². The number of halogens is 4. The average molecular weight is 333 g/mol. The van der Waals surface area contributed by atoms with Gasteiger partial charge in [0.25, 0.3) is 0 Å². The van der Waals surface area contributed by atoms with E-state index in [4.69, 9.17) is 22.1 Å². The Balaban J connectivity index is 3.03.